The fourth-order valence-corrected chi connectivity index (χ4v) is 2.20. The predicted molar refractivity (Wildman–Crippen MR) is 71.0 cm³/mol. The van der Waals surface area contributed by atoms with Gasteiger partial charge in [-0.2, -0.15) is 18.3 Å². The molecule has 1 atom stereocenters. The molecule has 20 heavy (non-hydrogen) atoms. The van der Waals surface area contributed by atoms with Gasteiger partial charge in [0, 0.05) is 18.7 Å². The number of nitrogens with zero attached hydrogens (tertiary/aromatic N) is 2. The van der Waals surface area contributed by atoms with Crippen molar-refractivity contribution in [3.05, 3.63) is 16.4 Å². The van der Waals surface area contributed by atoms with E-state index < -0.39 is 12.8 Å². The molecule has 0 aliphatic rings. The third-order valence-corrected chi connectivity index (χ3v) is 3.27. The van der Waals surface area contributed by atoms with E-state index in [1.807, 2.05) is 13.8 Å². The molecule has 4 nitrogen and oxygen atoms in total. The molecule has 0 aliphatic carbocycles. The Balaban J connectivity index is 2.62. The number of aryl methyl sites for hydroxylation is 2. The van der Waals surface area contributed by atoms with Crippen LogP contribution in [0.15, 0.2) is 0 Å². The van der Waals surface area contributed by atoms with E-state index in [0.29, 0.717) is 18.1 Å². The van der Waals surface area contributed by atoms with Crippen molar-refractivity contribution >= 4 is 11.6 Å². The second-order valence-corrected chi connectivity index (χ2v) is 4.93. The molecule has 1 aromatic heterocycles. The van der Waals surface area contributed by atoms with Gasteiger partial charge in [-0.3, -0.25) is 4.68 Å². The number of aromatic nitrogens is 2. The highest BCUT2D eigenvalue weighted by molar-refractivity contribution is 6.30. The van der Waals surface area contributed by atoms with E-state index in [1.165, 1.54) is 0 Å². The summed E-state index contributed by atoms with van der Waals surface area (Å²) >= 11 is 6.12. The molecular formula is C12H19ClF3N3O. The van der Waals surface area contributed by atoms with Gasteiger partial charge in [0.25, 0.3) is 0 Å². The number of nitrogens with one attached hydrogen (secondary N) is 1. The van der Waals surface area contributed by atoms with E-state index in [4.69, 9.17) is 16.3 Å². The number of hydrogen-bond acceptors (Lipinski definition) is 3. The molecule has 1 aromatic rings. The number of likely N-dealkylation sites (N-methyl/N-ethyl adjacent to an activating group) is 1. The summed E-state index contributed by atoms with van der Waals surface area (Å²) in [6.07, 6.45) is -3.83. The van der Waals surface area contributed by atoms with Crippen molar-refractivity contribution < 1.29 is 17.9 Å². The average Bonchev–Trinajstić information content (AvgIpc) is 2.54. The van der Waals surface area contributed by atoms with Gasteiger partial charge < -0.3 is 10.1 Å². The van der Waals surface area contributed by atoms with Crippen LogP contribution < -0.4 is 5.32 Å². The second-order valence-electron chi connectivity index (χ2n) is 4.57. The predicted octanol–water partition coefficient (Wildman–Crippen LogP) is 2.48. The highest BCUT2D eigenvalue weighted by Crippen LogP contribution is 2.21. The van der Waals surface area contributed by atoms with Crippen LogP contribution in [0, 0.1) is 6.92 Å². The smallest absolute Gasteiger partial charge is 0.370 e. The second kappa shape index (κ2) is 7.28. The van der Waals surface area contributed by atoms with Crippen LogP contribution in [-0.4, -0.2) is 41.8 Å². The van der Waals surface area contributed by atoms with E-state index in [-0.39, 0.29) is 12.6 Å². The first-order chi connectivity index (χ1) is 9.24. The number of ether oxygens (including phenoxy) is 1. The Morgan fingerprint density at radius 3 is 2.55 bits per heavy atom. The molecule has 1 unspecified atom stereocenters. The van der Waals surface area contributed by atoms with Gasteiger partial charge in [-0.15, -0.1) is 0 Å². The third kappa shape index (κ3) is 5.30. The minimum Gasteiger partial charge on any atom is -0.370 e. The number of halogens is 4. The normalized spacial score (nSPS) is 13.8. The Morgan fingerprint density at radius 2 is 2.10 bits per heavy atom. The molecule has 0 saturated carbocycles. The van der Waals surface area contributed by atoms with Crippen molar-refractivity contribution in [3.8, 4) is 0 Å². The van der Waals surface area contributed by atoms with Crippen LogP contribution in [-0.2, 0) is 18.2 Å². The molecule has 0 saturated heterocycles. The molecule has 0 radical (unpaired) electrons. The fourth-order valence-electron chi connectivity index (χ4n) is 1.95. The summed E-state index contributed by atoms with van der Waals surface area (Å²) in [6.45, 7) is 3.07. The zero-order valence-corrected chi connectivity index (χ0v) is 12.5. The maximum absolute atomic E-state index is 12.1. The quantitative estimate of drug-likeness (QED) is 0.840. The van der Waals surface area contributed by atoms with Crippen LogP contribution >= 0.6 is 11.6 Å². The van der Waals surface area contributed by atoms with E-state index in [2.05, 4.69) is 10.4 Å². The Morgan fingerprint density at radius 1 is 1.45 bits per heavy atom. The molecule has 0 aliphatic heterocycles. The van der Waals surface area contributed by atoms with Gasteiger partial charge in [-0.05, 0) is 19.9 Å². The summed E-state index contributed by atoms with van der Waals surface area (Å²) in [6, 6.07) is -0.234. The lowest BCUT2D eigenvalue weighted by Gasteiger charge is -2.18. The van der Waals surface area contributed by atoms with E-state index in [9.17, 15) is 13.2 Å². The number of rotatable bonds is 7. The summed E-state index contributed by atoms with van der Waals surface area (Å²) in [5.41, 5.74) is 1.60. The minimum absolute atomic E-state index is 0.0297. The first-order valence-electron chi connectivity index (χ1n) is 6.30. The van der Waals surface area contributed by atoms with Crippen LogP contribution in [0.4, 0.5) is 13.2 Å². The zero-order valence-electron chi connectivity index (χ0n) is 11.7. The Labute approximate surface area is 121 Å². The Bertz CT molecular complexity index is 434. The van der Waals surface area contributed by atoms with Crippen LogP contribution in [0.5, 0.6) is 0 Å². The minimum atomic E-state index is -4.31. The van der Waals surface area contributed by atoms with Crippen molar-refractivity contribution in [1.29, 1.82) is 0 Å². The van der Waals surface area contributed by atoms with Gasteiger partial charge in [0.2, 0.25) is 0 Å². The molecular weight excluding hydrogens is 295 g/mol. The van der Waals surface area contributed by atoms with E-state index >= 15 is 0 Å². The molecule has 8 heteroatoms. The summed E-state index contributed by atoms with van der Waals surface area (Å²) < 4.78 is 42.5. The van der Waals surface area contributed by atoms with Gasteiger partial charge in [0.15, 0.2) is 0 Å². The van der Waals surface area contributed by atoms with Crippen molar-refractivity contribution in [1.82, 2.24) is 15.1 Å². The monoisotopic (exact) mass is 313 g/mol. The van der Waals surface area contributed by atoms with Gasteiger partial charge in [0.1, 0.15) is 11.8 Å². The third-order valence-electron chi connectivity index (χ3n) is 2.80. The first-order valence-corrected chi connectivity index (χ1v) is 6.68. The molecule has 1 heterocycles. The lowest BCUT2D eigenvalue weighted by atomic mass is 10.1. The average molecular weight is 314 g/mol. The Hall–Kier alpha value is -0.790. The lowest BCUT2D eigenvalue weighted by molar-refractivity contribution is -0.175. The molecule has 0 spiro atoms. The molecule has 0 fully saturated rings. The molecule has 1 N–H and O–H groups in total. The van der Waals surface area contributed by atoms with E-state index in [0.717, 1.165) is 11.3 Å². The fraction of sp³-hybridized carbons (Fsp3) is 0.750. The first kappa shape index (κ1) is 17.3. The summed E-state index contributed by atoms with van der Waals surface area (Å²) in [5.74, 6) is 0. The molecule has 0 aromatic carbocycles. The molecule has 0 bridgehead atoms. The summed E-state index contributed by atoms with van der Waals surface area (Å²) in [5, 5.41) is 7.77. The number of alkyl halides is 3. The van der Waals surface area contributed by atoms with Crippen molar-refractivity contribution in [3.63, 3.8) is 0 Å². The molecule has 116 valence electrons. The van der Waals surface area contributed by atoms with Gasteiger partial charge in [-0.25, -0.2) is 0 Å². The molecule has 1 rings (SSSR count). The van der Waals surface area contributed by atoms with Crippen molar-refractivity contribution in [2.75, 3.05) is 19.8 Å². The highest BCUT2D eigenvalue weighted by atomic mass is 35.5. The molecule has 0 amide bonds. The van der Waals surface area contributed by atoms with Crippen LogP contribution in [0.25, 0.3) is 0 Å². The van der Waals surface area contributed by atoms with Crippen molar-refractivity contribution in [2.45, 2.75) is 32.5 Å². The topological polar surface area (TPSA) is 39.1 Å². The Kier molecular flexibility index (Phi) is 6.29. The van der Waals surface area contributed by atoms with Crippen LogP contribution in [0.3, 0.4) is 0 Å². The summed E-state index contributed by atoms with van der Waals surface area (Å²) in [7, 11) is 1.72. The van der Waals surface area contributed by atoms with Gasteiger partial charge in [0.05, 0.1) is 12.3 Å². The zero-order chi connectivity index (χ0) is 15.3. The van der Waals surface area contributed by atoms with Crippen LogP contribution in [0.2, 0.25) is 5.15 Å². The standard InChI is InChI=1S/C12H19ClF3N3O/c1-4-17-9(6-20-7-12(14,15)16)5-10-8(2)18-19(3)11(10)13/h9,17H,4-7H2,1-3H3. The maximum Gasteiger partial charge on any atom is 0.411 e. The maximum atomic E-state index is 12.1. The van der Waals surface area contributed by atoms with Crippen molar-refractivity contribution in [2.24, 2.45) is 7.05 Å². The largest absolute Gasteiger partial charge is 0.411 e. The van der Waals surface area contributed by atoms with Crippen LogP contribution in [0.1, 0.15) is 18.2 Å². The SMILES string of the molecule is CCNC(COCC(F)(F)F)Cc1c(C)nn(C)c1Cl. The number of hydrogen-bond donors (Lipinski definition) is 1. The van der Waals surface area contributed by atoms with E-state index in [1.54, 1.807) is 11.7 Å². The lowest BCUT2D eigenvalue weighted by Crippen LogP contribution is -2.36. The summed E-state index contributed by atoms with van der Waals surface area (Å²) in [4.78, 5) is 0. The highest BCUT2D eigenvalue weighted by Gasteiger charge is 2.28. The van der Waals surface area contributed by atoms with Gasteiger partial charge >= 0.3 is 6.18 Å². The van der Waals surface area contributed by atoms with Gasteiger partial charge in [-0.1, -0.05) is 18.5 Å².